The van der Waals surface area contributed by atoms with Crippen LogP contribution in [-0.2, 0) is 4.79 Å². The van der Waals surface area contributed by atoms with Crippen LogP contribution in [0, 0.1) is 5.92 Å². The number of likely N-dealkylation sites (N-methyl/N-ethyl adjacent to an activating group) is 1. The van der Waals surface area contributed by atoms with Crippen LogP contribution in [0.4, 0.5) is 5.69 Å². The molecule has 3 N–H and O–H groups in total. The van der Waals surface area contributed by atoms with Crippen LogP contribution in [0.15, 0.2) is 48.5 Å². The molecule has 1 fully saturated rings. The van der Waals surface area contributed by atoms with E-state index in [1.807, 2.05) is 6.07 Å². The van der Waals surface area contributed by atoms with Crippen LogP contribution in [0.25, 0.3) is 11.1 Å². The van der Waals surface area contributed by atoms with E-state index < -0.39 is 0 Å². The normalized spacial score (nSPS) is 17.1. The number of rotatable bonds is 7. The molecule has 0 bridgehead atoms. The predicted octanol–water partition coefficient (Wildman–Crippen LogP) is 3.41. The first-order chi connectivity index (χ1) is 14.3. The maximum atomic E-state index is 12.6. The van der Waals surface area contributed by atoms with Gasteiger partial charge in [0.05, 0.1) is 52.9 Å². The molecule has 3 rings (SSSR count). The third-order valence-corrected chi connectivity index (χ3v) is 6.11. The van der Waals surface area contributed by atoms with Gasteiger partial charge in [-0.1, -0.05) is 50.2 Å². The zero-order chi connectivity index (χ0) is 21.7. The highest BCUT2D eigenvalue weighted by atomic mass is 16.1. The molecule has 0 radical (unpaired) electrons. The van der Waals surface area contributed by atoms with E-state index in [1.165, 1.54) is 24.3 Å². The van der Waals surface area contributed by atoms with Gasteiger partial charge >= 0.3 is 0 Å². The molecule has 1 aliphatic rings. The van der Waals surface area contributed by atoms with Gasteiger partial charge in [0.25, 0.3) is 0 Å². The van der Waals surface area contributed by atoms with Crippen LogP contribution < -0.4 is 16.0 Å². The number of carbonyl (C=O) groups excluding carboxylic acids is 1. The minimum atomic E-state index is -0.178. The molecule has 1 amide bonds. The summed E-state index contributed by atoms with van der Waals surface area (Å²) in [7, 11) is 4.60. The van der Waals surface area contributed by atoms with Crippen molar-refractivity contribution in [2.24, 2.45) is 11.7 Å². The molecule has 5 heteroatoms. The highest BCUT2D eigenvalue weighted by molar-refractivity contribution is 5.84. The first-order valence-electron chi connectivity index (χ1n) is 11.0. The van der Waals surface area contributed by atoms with E-state index in [9.17, 15) is 4.79 Å². The van der Waals surface area contributed by atoms with Crippen LogP contribution in [0.2, 0.25) is 0 Å². The van der Waals surface area contributed by atoms with Crippen molar-refractivity contribution in [1.29, 1.82) is 0 Å². The van der Waals surface area contributed by atoms with Crippen molar-refractivity contribution in [3.05, 3.63) is 54.1 Å². The Morgan fingerprint density at radius 3 is 2.33 bits per heavy atom. The van der Waals surface area contributed by atoms with Gasteiger partial charge in [-0.2, -0.15) is 0 Å². The number of nitrogens with one attached hydrogen (secondary N) is 1. The molecule has 1 atom stereocenters. The summed E-state index contributed by atoms with van der Waals surface area (Å²) in [4.78, 5) is 15.1. The summed E-state index contributed by atoms with van der Waals surface area (Å²) in [5.41, 5.74) is 10.2. The molecule has 2 aromatic rings. The average Bonchev–Trinajstić information content (AvgIpc) is 2.72. The van der Waals surface area contributed by atoms with E-state index in [1.54, 1.807) is 0 Å². The summed E-state index contributed by atoms with van der Waals surface area (Å²) in [6.45, 7) is 8.99. The maximum absolute atomic E-state index is 12.6. The molecular formula is C25H37N4O+. The molecule has 1 aliphatic heterocycles. The Morgan fingerprint density at radius 2 is 1.73 bits per heavy atom. The zero-order valence-electron chi connectivity index (χ0n) is 18.9. The highest BCUT2D eigenvalue weighted by Crippen LogP contribution is 2.30. The van der Waals surface area contributed by atoms with Gasteiger partial charge in [0.15, 0.2) is 0 Å². The molecule has 0 aliphatic carbocycles. The standard InChI is InChI=1S/C25H36N4O/c1-19(2)16-24(25(30)27-18-26)22-7-5-6-21(17-22)20-8-10-23(11-9-20)28-12-14-29(3,4)15-13-28/h5-11,17,19,24H,12-16,18,26H2,1-4H3/p+1/t24-/m1/s1. The Balaban J connectivity index is 1.78. The maximum Gasteiger partial charge on any atom is 0.228 e. The number of nitrogens with zero attached hydrogens (tertiary/aromatic N) is 2. The van der Waals surface area contributed by atoms with Crippen molar-refractivity contribution in [2.75, 3.05) is 51.8 Å². The Kier molecular flexibility index (Phi) is 7.16. The fourth-order valence-electron chi connectivity index (χ4n) is 4.15. The number of benzene rings is 2. The van der Waals surface area contributed by atoms with Gasteiger partial charge in [0.2, 0.25) is 5.91 Å². The van der Waals surface area contributed by atoms with Gasteiger partial charge in [-0.05, 0) is 41.2 Å². The van der Waals surface area contributed by atoms with Gasteiger partial charge in [-0.15, -0.1) is 0 Å². The topological polar surface area (TPSA) is 58.4 Å². The molecule has 5 nitrogen and oxygen atoms in total. The third kappa shape index (κ3) is 5.61. The lowest BCUT2D eigenvalue weighted by Crippen LogP contribution is -2.54. The van der Waals surface area contributed by atoms with Crippen molar-refractivity contribution in [1.82, 2.24) is 5.32 Å². The number of hydrogen-bond donors (Lipinski definition) is 2. The summed E-state index contributed by atoms with van der Waals surface area (Å²) in [6, 6.07) is 17.2. The van der Waals surface area contributed by atoms with Crippen molar-refractivity contribution >= 4 is 11.6 Å². The van der Waals surface area contributed by atoms with Gasteiger partial charge < -0.3 is 20.4 Å². The van der Waals surface area contributed by atoms with Crippen molar-refractivity contribution in [3.63, 3.8) is 0 Å². The summed E-state index contributed by atoms with van der Waals surface area (Å²) in [6.07, 6.45) is 0.804. The van der Waals surface area contributed by atoms with E-state index in [4.69, 9.17) is 5.73 Å². The number of quaternary nitrogens is 1. The van der Waals surface area contributed by atoms with Crippen LogP contribution in [-0.4, -0.2) is 57.3 Å². The summed E-state index contributed by atoms with van der Waals surface area (Å²) in [5.74, 6) is 0.252. The molecule has 0 unspecified atom stereocenters. The number of piperazine rings is 1. The van der Waals surface area contributed by atoms with Crippen LogP contribution in [0.3, 0.4) is 0 Å². The van der Waals surface area contributed by atoms with E-state index in [2.05, 4.69) is 80.6 Å². The molecule has 0 aromatic heterocycles. The largest absolute Gasteiger partial charge is 0.360 e. The van der Waals surface area contributed by atoms with Gasteiger partial charge in [-0.25, -0.2) is 0 Å². The quantitative estimate of drug-likeness (QED) is 0.544. The lowest BCUT2D eigenvalue weighted by Gasteiger charge is -2.40. The molecule has 162 valence electrons. The lowest BCUT2D eigenvalue weighted by atomic mass is 9.88. The van der Waals surface area contributed by atoms with Crippen molar-refractivity contribution in [3.8, 4) is 11.1 Å². The predicted molar refractivity (Wildman–Crippen MR) is 125 cm³/mol. The number of amides is 1. The number of anilines is 1. The summed E-state index contributed by atoms with van der Waals surface area (Å²) in [5, 5.41) is 2.79. The van der Waals surface area contributed by atoms with E-state index in [-0.39, 0.29) is 18.5 Å². The number of nitrogens with two attached hydrogens (primary N) is 1. The summed E-state index contributed by atoms with van der Waals surface area (Å²) >= 11 is 0. The molecule has 1 saturated heterocycles. The lowest BCUT2D eigenvalue weighted by molar-refractivity contribution is -0.890. The fourth-order valence-corrected chi connectivity index (χ4v) is 4.15. The second-order valence-electron chi connectivity index (χ2n) is 9.47. The average molecular weight is 410 g/mol. The minimum absolute atomic E-state index is 0.00474. The molecule has 2 aromatic carbocycles. The molecule has 30 heavy (non-hydrogen) atoms. The molecule has 0 saturated carbocycles. The molecule has 1 heterocycles. The van der Waals surface area contributed by atoms with E-state index in [0.29, 0.717) is 5.92 Å². The molecular weight excluding hydrogens is 372 g/mol. The Hall–Kier alpha value is -2.37. The Bertz CT molecular complexity index is 834. The number of hydrogen-bond acceptors (Lipinski definition) is 3. The SMILES string of the molecule is CC(C)C[C@@H](C(=O)NCN)c1cccc(-c2ccc(N3CC[N+](C)(C)CC3)cc2)c1. The van der Waals surface area contributed by atoms with Crippen LogP contribution in [0.1, 0.15) is 31.7 Å². The third-order valence-electron chi connectivity index (χ3n) is 6.11. The summed E-state index contributed by atoms with van der Waals surface area (Å²) < 4.78 is 1.09. The molecule has 0 spiro atoms. The fraction of sp³-hybridized carbons (Fsp3) is 0.480. The van der Waals surface area contributed by atoms with Crippen LogP contribution >= 0.6 is 0 Å². The van der Waals surface area contributed by atoms with Gasteiger partial charge in [0, 0.05) is 5.69 Å². The van der Waals surface area contributed by atoms with Crippen molar-refractivity contribution < 1.29 is 9.28 Å². The van der Waals surface area contributed by atoms with Gasteiger partial charge in [-0.3, -0.25) is 4.79 Å². The minimum Gasteiger partial charge on any atom is -0.360 e. The first-order valence-corrected chi connectivity index (χ1v) is 11.0. The van der Waals surface area contributed by atoms with Crippen molar-refractivity contribution in [2.45, 2.75) is 26.2 Å². The smallest absolute Gasteiger partial charge is 0.228 e. The Labute approximate surface area is 181 Å². The van der Waals surface area contributed by atoms with Crippen LogP contribution in [0.5, 0.6) is 0 Å². The number of carbonyl (C=O) groups is 1. The first kappa shape index (κ1) is 22.3. The van der Waals surface area contributed by atoms with E-state index >= 15 is 0 Å². The second kappa shape index (κ2) is 9.63. The van der Waals surface area contributed by atoms with Gasteiger partial charge in [0.1, 0.15) is 0 Å². The zero-order valence-corrected chi connectivity index (χ0v) is 18.9. The monoisotopic (exact) mass is 409 g/mol. The van der Waals surface area contributed by atoms with E-state index in [0.717, 1.165) is 35.1 Å². The highest BCUT2D eigenvalue weighted by Gasteiger charge is 2.24. The Morgan fingerprint density at radius 1 is 1.07 bits per heavy atom. The second-order valence-corrected chi connectivity index (χ2v) is 9.47.